The molecular formula is C22H20ClNO4S. The highest BCUT2D eigenvalue weighted by Gasteiger charge is 2.16. The summed E-state index contributed by atoms with van der Waals surface area (Å²) in [5, 5.41) is 2.96. The van der Waals surface area contributed by atoms with Gasteiger partial charge < -0.3 is 10.1 Å². The van der Waals surface area contributed by atoms with Crippen LogP contribution < -0.4 is 10.1 Å². The minimum atomic E-state index is -3.45. The maximum Gasteiger partial charge on any atom is 0.257 e. The molecule has 1 N–H and O–H groups in total. The smallest absolute Gasteiger partial charge is 0.257 e. The van der Waals surface area contributed by atoms with Crippen molar-refractivity contribution >= 4 is 33.0 Å². The normalized spacial score (nSPS) is 11.1. The van der Waals surface area contributed by atoms with Crippen molar-refractivity contribution in [3.63, 3.8) is 0 Å². The van der Waals surface area contributed by atoms with Crippen molar-refractivity contribution in [3.05, 3.63) is 88.4 Å². The molecule has 5 nitrogen and oxygen atoms in total. The molecule has 0 aliphatic heterocycles. The van der Waals surface area contributed by atoms with Crippen molar-refractivity contribution in [3.8, 4) is 5.75 Å². The number of methoxy groups -OCH3 is 1. The van der Waals surface area contributed by atoms with Crippen molar-refractivity contribution in [2.45, 2.75) is 11.3 Å². The molecule has 0 saturated carbocycles. The lowest BCUT2D eigenvalue weighted by atomic mass is 10.0. The number of anilines is 1. The molecule has 3 rings (SSSR count). The molecule has 0 saturated heterocycles. The van der Waals surface area contributed by atoms with E-state index in [1.165, 1.54) is 18.2 Å². The van der Waals surface area contributed by atoms with Gasteiger partial charge in [0.05, 0.1) is 22.6 Å². The van der Waals surface area contributed by atoms with E-state index in [1.807, 2.05) is 36.4 Å². The number of hydrogen-bond donors (Lipinski definition) is 1. The average Bonchev–Trinajstić information content (AvgIpc) is 2.68. The summed E-state index contributed by atoms with van der Waals surface area (Å²) in [4.78, 5) is 12.8. The Morgan fingerprint density at radius 1 is 1.03 bits per heavy atom. The first-order chi connectivity index (χ1) is 13.8. The lowest BCUT2D eigenvalue weighted by Crippen LogP contribution is -2.14. The number of hydrogen-bond acceptors (Lipinski definition) is 4. The van der Waals surface area contributed by atoms with Crippen LogP contribution in [0.1, 0.15) is 21.5 Å². The van der Waals surface area contributed by atoms with Crippen LogP contribution in [0, 0.1) is 0 Å². The molecule has 3 aromatic carbocycles. The molecule has 29 heavy (non-hydrogen) atoms. The summed E-state index contributed by atoms with van der Waals surface area (Å²) in [7, 11) is -1.86. The van der Waals surface area contributed by atoms with E-state index in [1.54, 1.807) is 19.2 Å². The zero-order valence-corrected chi connectivity index (χ0v) is 17.5. The van der Waals surface area contributed by atoms with Gasteiger partial charge in [-0.1, -0.05) is 41.9 Å². The Hall–Kier alpha value is -2.83. The van der Waals surface area contributed by atoms with E-state index in [4.69, 9.17) is 16.3 Å². The van der Waals surface area contributed by atoms with E-state index >= 15 is 0 Å². The summed E-state index contributed by atoms with van der Waals surface area (Å²) in [6, 6.07) is 19.3. The van der Waals surface area contributed by atoms with E-state index in [2.05, 4.69) is 5.32 Å². The van der Waals surface area contributed by atoms with Crippen LogP contribution in [0.3, 0.4) is 0 Å². The van der Waals surface area contributed by atoms with Gasteiger partial charge in [0.15, 0.2) is 9.84 Å². The van der Waals surface area contributed by atoms with E-state index < -0.39 is 15.7 Å². The third kappa shape index (κ3) is 5.16. The highest BCUT2D eigenvalue weighted by Crippen LogP contribution is 2.27. The minimum absolute atomic E-state index is 0.0338. The summed E-state index contributed by atoms with van der Waals surface area (Å²) in [5.74, 6) is 0.222. The van der Waals surface area contributed by atoms with Gasteiger partial charge >= 0.3 is 0 Å². The number of sulfone groups is 1. The van der Waals surface area contributed by atoms with E-state index in [0.29, 0.717) is 17.9 Å². The van der Waals surface area contributed by atoms with Crippen LogP contribution >= 0.6 is 11.6 Å². The zero-order valence-electron chi connectivity index (χ0n) is 16.0. The molecule has 1 amide bonds. The molecule has 7 heteroatoms. The van der Waals surface area contributed by atoms with E-state index in [0.717, 1.165) is 17.4 Å². The Balaban J connectivity index is 1.89. The van der Waals surface area contributed by atoms with Gasteiger partial charge in [-0.25, -0.2) is 8.42 Å². The SMILES string of the molecule is COc1ccc(NC(=O)c2cc(S(C)(=O)=O)ccc2Cl)cc1Cc1ccccc1. The first-order valence-electron chi connectivity index (χ1n) is 8.80. The third-order valence-electron chi connectivity index (χ3n) is 4.39. The van der Waals surface area contributed by atoms with Crippen LogP contribution in [0.2, 0.25) is 5.02 Å². The predicted molar refractivity (Wildman–Crippen MR) is 115 cm³/mol. The van der Waals surface area contributed by atoms with Gasteiger partial charge in [-0.15, -0.1) is 0 Å². The second kappa shape index (κ2) is 8.68. The number of rotatable bonds is 6. The van der Waals surface area contributed by atoms with Gasteiger partial charge in [-0.05, 0) is 42.0 Å². The lowest BCUT2D eigenvalue weighted by molar-refractivity contribution is 0.102. The topological polar surface area (TPSA) is 72.5 Å². The van der Waals surface area contributed by atoms with Gasteiger partial charge in [-0.2, -0.15) is 0 Å². The van der Waals surface area contributed by atoms with Gasteiger partial charge in [-0.3, -0.25) is 4.79 Å². The highest BCUT2D eigenvalue weighted by atomic mass is 35.5. The fraction of sp³-hybridized carbons (Fsp3) is 0.136. The molecule has 0 aliphatic carbocycles. The van der Waals surface area contributed by atoms with Crippen LogP contribution in [0.5, 0.6) is 5.75 Å². The van der Waals surface area contributed by atoms with Gasteiger partial charge in [0.1, 0.15) is 5.75 Å². The zero-order chi connectivity index (χ0) is 21.0. The largest absolute Gasteiger partial charge is 0.496 e. The number of benzene rings is 3. The van der Waals surface area contributed by atoms with Crippen molar-refractivity contribution in [2.75, 3.05) is 18.7 Å². The van der Waals surface area contributed by atoms with Crippen molar-refractivity contribution in [1.82, 2.24) is 0 Å². The maximum atomic E-state index is 12.7. The minimum Gasteiger partial charge on any atom is -0.496 e. The third-order valence-corrected chi connectivity index (χ3v) is 5.83. The Labute approximate surface area is 175 Å². The monoisotopic (exact) mass is 429 g/mol. The summed E-state index contributed by atoms with van der Waals surface area (Å²) in [5.41, 5.74) is 2.67. The second-order valence-electron chi connectivity index (χ2n) is 6.56. The van der Waals surface area contributed by atoms with Crippen molar-refractivity contribution in [2.24, 2.45) is 0 Å². The van der Waals surface area contributed by atoms with Gasteiger partial charge in [0, 0.05) is 23.9 Å². The number of amides is 1. The fourth-order valence-corrected chi connectivity index (χ4v) is 3.77. The highest BCUT2D eigenvalue weighted by molar-refractivity contribution is 7.90. The molecule has 0 heterocycles. The Bertz CT molecular complexity index is 1140. The molecule has 0 aliphatic rings. The van der Waals surface area contributed by atoms with Crippen LogP contribution in [0.4, 0.5) is 5.69 Å². The van der Waals surface area contributed by atoms with Gasteiger partial charge in [0.25, 0.3) is 5.91 Å². The molecule has 0 fully saturated rings. The predicted octanol–water partition coefficient (Wildman–Crippen LogP) is 4.60. The molecule has 150 valence electrons. The lowest BCUT2D eigenvalue weighted by Gasteiger charge is -2.13. The molecule has 0 spiro atoms. The molecule has 3 aromatic rings. The van der Waals surface area contributed by atoms with Crippen molar-refractivity contribution < 1.29 is 17.9 Å². The maximum absolute atomic E-state index is 12.7. The molecule has 0 atom stereocenters. The molecule has 0 bridgehead atoms. The van der Waals surface area contributed by atoms with Crippen LogP contribution in [-0.2, 0) is 16.3 Å². The number of carbonyl (C=O) groups excluding carboxylic acids is 1. The quantitative estimate of drug-likeness (QED) is 0.621. The Kier molecular flexibility index (Phi) is 6.25. The van der Waals surface area contributed by atoms with Gasteiger partial charge in [0.2, 0.25) is 0 Å². The summed E-state index contributed by atoms with van der Waals surface area (Å²) >= 11 is 6.12. The molecule has 0 aromatic heterocycles. The van der Waals surface area contributed by atoms with E-state index in [9.17, 15) is 13.2 Å². The summed E-state index contributed by atoms with van der Waals surface area (Å²) < 4.78 is 29.0. The Morgan fingerprint density at radius 3 is 2.41 bits per heavy atom. The first-order valence-corrected chi connectivity index (χ1v) is 11.1. The van der Waals surface area contributed by atoms with Crippen LogP contribution in [0.15, 0.2) is 71.6 Å². The molecule has 0 radical (unpaired) electrons. The van der Waals surface area contributed by atoms with Crippen LogP contribution in [0.25, 0.3) is 0 Å². The van der Waals surface area contributed by atoms with Crippen LogP contribution in [-0.4, -0.2) is 27.7 Å². The fourth-order valence-electron chi connectivity index (χ4n) is 2.92. The number of halogens is 1. The molecular weight excluding hydrogens is 410 g/mol. The molecule has 0 unspecified atom stereocenters. The first kappa shape index (κ1) is 20.9. The number of carbonyl (C=O) groups is 1. The van der Waals surface area contributed by atoms with E-state index in [-0.39, 0.29) is 15.5 Å². The number of ether oxygens (including phenoxy) is 1. The number of nitrogens with one attached hydrogen (secondary N) is 1. The Morgan fingerprint density at radius 2 is 1.76 bits per heavy atom. The average molecular weight is 430 g/mol. The second-order valence-corrected chi connectivity index (χ2v) is 8.98. The van der Waals surface area contributed by atoms with Crippen molar-refractivity contribution in [1.29, 1.82) is 0 Å². The summed E-state index contributed by atoms with van der Waals surface area (Å²) in [6.07, 6.45) is 1.72. The summed E-state index contributed by atoms with van der Waals surface area (Å²) in [6.45, 7) is 0. The standard InChI is InChI=1S/C22H20ClNO4S/c1-28-21-11-8-17(13-16(21)12-15-6-4-3-5-7-15)24-22(25)19-14-18(29(2,26)27)9-10-20(19)23/h3-11,13-14H,12H2,1-2H3,(H,24,25).